The molecule has 18 heavy (non-hydrogen) atoms. The molecule has 1 saturated carbocycles. The first-order valence-electron chi connectivity index (χ1n) is 6.08. The number of nitrogens with one attached hydrogen (secondary N) is 1. The average molecular weight is 263 g/mol. The maximum Gasteiger partial charge on any atom is 0.141 e. The second kappa shape index (κ2) is 5.12. The van der Waals surface area contributed by atoms with Gasteiger partial charge in [0.1, 0.15) is 10.8 Å². The summed E-state index contributed by atoms with van der Waals surface area (Å²) in [5.74, 6) is 0.559. The predicted octanol–water partition coefficient (Wildman–Crippen LogP) is 2.84. The van der Waals surface area contributed by atoms with Crippen molar-refractivity contribution in [3.05, 3.63) is 34.5 Å². The van der Waals surface area contributed by atoms with Crippen molar-refractivity contribution in [3.8, 4) is 11.4 Å². The van der Waals surface area contributed by atoms with Gasteiger partial charge in [0.15, 0.2) is 0 Å². The van der Waals surface area contributed by atoms with Gasteiger partial charge in [-0.05, 0) is 37.4 Å². The number of thiazole rings is 1. The normalized spacial score (nSPS) is 14.9. The van der Waals surface area contributed by atoms with Crippen molar-refractivity contribution in [1.82, 2.24) is 15.3 Å². The summed E-state index contributed by atoms with van der Waals surface area (Å²) in [5, 5.41) is 6.42. The van der Waals surface area contributed by atoms with Crippen LogP contribution in [0.15, 0.2) is 23.7 Å². The van der Waals surface area contributed by atoms with E-state index in [1.807, 2.05) is 5.38 Å². The van der Waals surface area contributed by atoms with Crippen LogP contribution in [0.2, 0.25) is 0 Å². The lowest BCUT2D eigenvalue weighted by Crippen LogP contribution is -2.15. The Morgan fingerprint density at radius 1 is 1.33 bits per heavy atom. The molecule has 2 aromatic heterocycles. The van der Waals surface area contributed by atoms with Crippen LogP contribution >= 0.6 is 11.3 Å². The fourth-order valence-corrected chi connectivity index (χ4v) is 2.50. The SMILES string of the molecule is Fc1ccc(-c2csc(CNCC3CC3)n2)nc1. The van der Waals surface area contributed by atoms with Crippen LogP contribution in [-0.4, -0.2) is 16.5 Å². The summed E-state index contributed by atoms with van der Waals surface area (Å²) in [7, 11) is 0. The van der Waals surface area contributed by atoms with E-state index in [1.165, 1.54) is 25.1 Å². The molecule has 0 saturated heterocycles. The van der Waals surface area contributed by atoms with E-state index in [2.05, 4.69) is 15.3 Å². The molecular weight excluding hydrogens is 249 g/mol. The van der Waals surface area contributed by atoms with Gasteiger partial charge in [-0.1, -0.05) is 0 Å². The van der Waals surface area contributed by atoms with Gasteiger partial charge in [-0.2, -0.15) is 0 Å². The number of halogens is 1. The lowest BCUT2D eigenvalue weighted by Gasteiger charge is -1.99. The highest BCUT2D eigenvalue weighted by Gasteiger charge is 2.20. The lowest BCUT2D eigenvalue weighted by molar-refractivity contribution is 0.621. The Kier molecular flexibility index (Phi) is 3.34. The second-order valence-electron chi connectivity index (χ2n) is 4.56. The number of hydrogen-bond acceptors (Lipinski definition) is 4. The Morgan fingerprint density at radius 3 is 2.94 bits per heavy atom. The van der Waals surface area contributed by atoms with E-state index in [0.717, 1.165) is 35.4 Å². The summed E-state index contributed by atoms with van der Waals surface area (Å²) >= 11 is 1.61. The molecule has 3 nitrogen and oxygen atoms in total. The Hall–Kier alpha value is -1.33. The summed E-state index contributed by atoms with van der Waals surface area (Å²) < 4.78 is 12.8. The molecule has 0 unspecified atom stereocenters. The van der Waals surface area contributed by atoms with Gasteiger partial charge in [0.2, 0.25) is 0 Å². The Morgan fingerprint density at radius 2 is 2.22 bits per heavy atom. The largest absolute Gasteiger partial charge is 0.310 e. The van der Waals surface area contributed by atoms with Crippen LogP contribution in [0.25, 0.3) is 11.4 Å². The number of nitrogens with zero attached hydrogens (tertiary/aromatic N) is 2. The maximum absolute atomic E-state index is 12.8. The molecule has 2 aromatic rings. The van der Waals surface area contributed by atoms with E-state index in [1.54, 1.807) is 17.4 Å². The first kappa shape index (κ1) is 11.7. The standard InChI is InChI=1S/C13H14FN3S/c14-10-3-4-11(16-6-10)12-8-18-13(17-12)7-15-5-9-1-2-9/h3-4,6,8-9,15H,1-2,5,7H2. The van der Waals surface area contributed by atoms with Crippen molar-refractivity contribution in [2.24, 2.45) is 5.92 Å². The molecule has 0 atom stereocenters. The number of hydrogen-bond donors (Lipinski definition) is 1. The van der Waals surface area contributed by atoms with Crippen molar-refractivity contribution in [2.75, 3.05) is 6.54 Å². The fourth-order valence-electron chi connectivity index (χ4n) is 1.74. The van der Waals surface area contributed by atoms with Crippen LogP contribution in [0, 0.1) is 11.7 Å². The summed E-state index contributed by atoms with van der Waals surface area (Å²) in [6.07, 6.45) is 3.94. The van der Waals surface area contributed by atoms with E-state index < -0.39 is 0 Å². The first-order chi connectivity index (χ1) is 8.81. The van der Waals surface area contributed by atoms with Gasteiger partial charge in [0.25, 0.3) is 0 Å². The third-order valence-electron chi connectivity index (χ3n) is 2.95. The van der Waals surface area contributed by atoms with E-state index in [-0.39, 0.29) is 5.82 Å². The molecule has 0 radical (unpaired) electrons. The predicted molar refractivity (Wildman–Crippen MR) is 69.7 cm³/mol. The third kappa shape index (κ3) is 2.91. The van der Waals surface area contributed by atoms with E-state index >= 15 is 0 Å². The average Bonchev–Trinajstić information content (AvgIpc) is 3.08. The van der Waals surface area contributed by atoms with Crippen LogP contribution in [0.3, 0.4) is 0 Å². The summed E-state index contributed by atoms with van der Waals surface area (Å²) in [5.41, 5.74) is 1.55. The van der Waals surface area contributed by atoms with Gasteiger partial charge >= 0.3 is 0 Å². The van der Waals surface area contributed by atoms with Crippen molar-refractivity contribution in [1.29, 1.82) is 0 Å². The smallest absolute Gasteiger partial charge is 0.141 e. The zero-order chi connectivity index (χ0) is 12.4. The van der Waals surface area contributed by atoms with Gasteiger partial charge in [-0.15, -0.1) is 11.3 Å². The molecule has 1 aliphatic carbocycles. The summed E-state index contributed by atoms with van der Waals surface area (Å²) in [4.78, 5) is 8.53. The van der Waals surface area contributed by atoms with Crippen molar-refractivity contribution in [2.45, 2.75) is 19.4 Å². The first-order valence-corrected chi connectivity index (χ1v) is 6.96. The molecule has 0 aromatic carbocycles. The molecule has 5 heteroatoms. The molecule has 2 heterocycles. The van der Waals surface area contributed by atoms with Crippen molar-refractivity contribution >= 4 is 11.3 Å². The van der Waals surface area contributed by atoms with Gasteiger partial charge in [-0.3, -0.25) is 4.98 Å². The number of aromatic nitrogens is 2. The molecule has 0 bridgehead atoms. The van der Waals surface area contributed by atoms with Gasteiger partial charge in [0, 0.05) is 11.9 Å². The molecule has 94 valence electrons. The Labute approximate surface area is 109 Å². The van der Waals surface area contributed by atoms with Gasteiger partial charge < -0.3 is 5.32 Å². The topological polar surface area (TPSA) is 37.8 Å². The maximum atomic E-state index is 12.8. The van der Waals surface area contributed by atoms with Crippen LogP contribution in [0.5, 0.6) is 0 Å². The number of pyridine rings is 1. The van der Waals surface area contributed by atoms with Crippen LogP contribution in [-0.2, 0) is 6.54 Å². The summed E-state index contributed by atoms with van der Waals surface area (Å²) in [6, 6.07) is 3.07. The van der Waals surface area contributed by atoms with Crippen molar-refractivity contribution in [3.63, 3.8) is 0 Å². The zero-order valence-corrected chi connectivity index (χ0v) is 10.7. The number of rotatable bonds is 5. The Bertz CT molecular complexity index is 519. The highest BCUT2D eigenvalue weighted by Crippen LogP contribution is 2.27. The van der Waals surface area contributed by atoms with Crippen LogP contribution in [0.1, 0.15) is 17.8 Å². The lowest BCUT2D eigenvalue weighted by atomic mass is 10.3. The minimum Gasteiger partial charge on any atom is -0.310 e. The van der Waals surface area contributed by atoms with Crippen molar-refractivity contribution < 1.29 is 4.39 Å². The minimum absolute atomic E-state index is 0.319. The molecule has 0 amide bonds. The van der Waals surface area contributed by atoms with E-state index in [4.69, 9.17) is 0 Å². The molecule has 0 aliphatic heterocycles. The van der Waals surface area contributed by atoms with Crippen LogP contribution in [0.4, 0.5) is 4.39 Å². The Balaban J connectivity index is 1.62. The zero-order valence-electron chi connectivity index (χ0n) is 9.90. The molecule has 0 spiro atoms. The summed E-state index contributed by atoms with van der Waals surface area (Å²) in [6.45, 7) is 1.89. The molecule has 1 fully saturated rings. The third-order valence-corrected chi connectivity index (χ3v) is 3.80. The van der Waals surface area contributed by atoms with E-state index in [0.29, 0.717) is 0 Å². The fraction of sp³-hybridized carbons (Fsp3) is 0.385. The highest BCUT2D eigenvalue weighted by molar-refractivity contribution is 7.09. The van der Waals surface area contributed by atoms with Crippen LogP contribution < -0.4 is 5.32 Å². The van der Waals surface area contributed by atoms with Gasteiger partial charge in [0.05, 0.1) is 17.6 Å². The molecule has 1 aliphatic rings. The quantitative estimate of drug-likeness (QED) is 0.901. The molecule has 3 rings (SSSR count). The minimum atomic E-state index is -0.319. The second-order valence-corrected chi connectivity index (χ2v) is 5.51. The molecule has 1 N–H and O–H groups in total. The molecular formula is C13H14FN3S. The van der Waals surface area contributed by atoms with Gasteiger partial charge in [-0.25, -0.2) is 9.37 Å². The monoisotopic (exact) mass is 263 g/mol. The van der Waals surface area contributed by atoms with E-state index in [9.17, 15) is 4.39 Å². The highest BCUT2D eigenvalue weighted by atomic mass is 32.1.